The predicted octanol–water partition coefficient (Wildman–Crippen LogP) is 2.60. The molecule has 2 nitrogen and oxygen atoms in total. The van der Waals surface area contributed by atoms with Crippen LogP contribution in [0.4, 0.5) is 8.78 Å². The highest BCUT2D eigenvalue weighted by Crippen LogP contribution is 2.50. The van der Waals surface area contributed by atoms with Gasteiger partial charge in [-0.2, -0.15) is 4.99 Å². The molecule has 0 radical (unpaired) electrons. The van der Waals surface area contributed by atoms with E-state index in [2.05, 4.69) is 4.99 Å². The molecule has 1 aliphatic carbocycles. The molecule has 0 aliphatic heterocycles. The number of aryl methyl sites for hydroxylation is 1. The summed E-state index contributed by atoms with van der Waals surface area (Å²) < 4.78 is 26.8. The molecule has 4 heteroatoms. The lowest BCUT2D eigenvalue weighted by Crippen LogP contribution is -2.07. The molecular formula is C11H9F2NO. The predicted molar refractivity (Wildman–Crippen MR) is 50.1 cm³/mol. The fourth-order valence-electron chi connectivity index (χ4n) is 1.65. The number of hydrogen-bond acceptors (Lipinski definition) is 2. The normalized spacial score (nSPS) is 17.0. The molecule has 78 valence electrons. The van der Waals surface area contributed by atoms with Gasteiger partial charge in [0.1, 0.15) is 17.2 Å². The molecule has 0 bridgehead atoms. The van der Waals surface area contributed by atoms with Gasteiger partial charge < -0.3 is 0 Å². The number of rotatable bonds is 2. The van der Waals surface area contributed by atoms with Gasteiger partial charge in [0.15, 0.2) is 0 Å². The van der Waals surface area contributed by atoms with Gasteiger partial charge >= 0.3 is 0 Å². The topological polar surface area (TPSA) is 29.4 Å². The molecule has 0 aromatic heterocycles. The van der Waals surface area contributed by atoms with E-state index in [1.807, 2.05) is 0 Å². The second kappa shape index (κ2) is 3.24. The monoisotopic (exact) mass is 209 g/mol. The van der Waals surface area contributed by atoms with Crippen molar-refractivity contribution in [3.05, 3.63) is 34.9 Å². The lowest BCUT2D eigenvalue weighted by molar-refractivity contribution is 0.539. The molecule has 0 amide bonds. The van der Waals surface area contributed by atoms with Crippen LogP contribution in [0, 0.1) is 18.6 Å². The summed E-state index contributed by atoms with van der Waals surface area (Å²) in [6.07, 6.45) is 2.56. The van der Waals surface area contributed by atoms with Crippen LogP contribution in [0.3, 0.4) is 0 Å². The van der Waals surface area contributed by atoms with Gasteiger partial charge in [0.05, 0.1) is 0 Å². The summed E-state index contributed by atoms with van der Waals surface area (Å²) in [6, 6.07) is 2.25. The van der Waals surface area contributed by atoms with Crippen molar-refractivity contribution in [2.45, 2.75) is 25.3 Å². The van der Waals surface area contributed by atoms with E-state index in [1.165, 1.54) is 13.0 Å². The SMILES string of the molecule is Cc1cc(F)c(C2(N=C=O)CC2)cc1F. The second-order valence-electron chi connectivity index (χ2n) is 3.82. The van der Waals surface area contributed by atoms with Crippen molar-refractivity contribution in [2.24, 2.45) is 4.99 Å². The minimum atomic E-state index is -0.847. The summed E-state index contributed by atoms with van der Waals surface area (Å²) in [5.74, 6) is -0.982. The standard InChI is InChI=1S/C11H9F2NO/c1-7-4-10(13)8(5-9(7)12)11(2-3-11)14-6-15/h4-5H,2-3H2,1H3. The maximum Gasteiger partial charge on any atom is 0.235 e. The first-order chi connectivity index (χ1) is 7.09. The molecule has 1 aromatic carbocycles. The van der Waals surface area contributed by atoms with Crippen molar-refractivity contribution < 1.29 is 13.6 Å². The summed E-state index contributed by atoms with van der Waals surface area (Å²) in [4.78, 5) is 13.7. The molecule has 1 aromatic rings. The van der Waals surface area contributed by atoms with Crippen LogP contribution in [0.2, 0.25) is 0 Å². The van der Waals surface area contributed by atoms with Gasteiger partial charge in [-0.05, 0) is 37.5 Å². The zero-order chi connectivity index (χ0) is 11.1. The smallest absolute Gasteiger partial charge is 0.211 e. The van der Waals surface area contributed by atoms with Crippen LogP contribution in [-0.2, 0) is 10.3 Å². The summed E-state index contributed by atoms with van der Waals surface area (Å²) in [5.41, 5.74) is -0.434. The third kappa shape index (κ3) is 1.57. The largest absolute Gasteiger partial charge is 0.235 e. The van der Waals surface area contributed by atoms with Crippen molar-refractivity contribution in [1.29, 1.82) is 0 Å². The molecule has 1 aliphatic rings. The maximum atomic E-state index is 13.5. The first-order valence-corrected chi connectivity index (χ1v) is 4.64. The highest BCUT2D eigenvalue weighted by atomic mass is 19.1. The zero-order valence-corrected chi connectivity index (χ0v) is 8.18. The van der Waals surface area contributed by atoms with E-state index in [0.717, 1.165) is 12.1 Å². The lowest BCUT2D eigenvalue weighted by Gasteiger charge is -2.10. The van der Waals surface area contributed by atoms with E-state index >= 15 is 0 Å². The molecule has 0 heterocycles. The number of halogens is 2. The summed E-state index contributed by atoms with van der Waals surface area (Å²) in [5, 5.41) is 0. The molecule has 0 atom stereocenters. The van der Waals surface area contributed by atoms with Gasteiger partial charge in [-0.15, -0.1) is 0 Å². The van der Waals surface area contributed by atoms with Crippen LogP contribution in [0.1, 0.15) is 24.0 Å². The molecule has 1 fully saturated rings. The Balaban J connectivity index is 2.54. The number of isocyanates is 1. The molecule has 0 N–H and O–H groups in total. The van der Waals surface area contributed by atoms with Crippen LogP contribution in [-0.4, -0.2) is 6.08 Å². The summed E-state index contributed by atoms with van der Waals surface area (Å²) in [6.45, 7) is 1.49. The molecule has 1 saturated carbocycles. The van der Waals surface area contributed by atoms with Gasteiger partial charge in [-0.3, -0.25) is 0 Å². The van der Waals surface area contributed by atoms with Crippen LogP contribution in [0.15, 0.2) is 17.1 Å². The van der Waals surface area contributed by atoms with Crippen molar-refractivity contribution >= 4 is 6.08 Å². The number of nitrogens with zero attached hydrogens (tertiary/aromatic N) is 1. The summed E-state index contributed by atoms with van der Waals surface area (Å²) >= 11 is 0. The van der Waals surface area contributed by atoms with Crippen molar-refractivity contribution in [1.82, 2.24) is 0 Å². The quantitative estimate of drug-likeness (QED) is 0.543. The van der Waals surface area contributed by atoms with E-state index < -0.39 is 17.2 Å². The Bertz CT molecular complexity index is 460. The van der Waals surface area contributed by atoms with E-state index in [-0.39, 0.29) is 11.1 Å². The number of benzene rings is 1. The molecule has 0 unspecified atom stereocenters. The highest BCUT2D eigenvalue weighted by molar-refractivity contribution is 5.42. The third-order valence-corrected chi connectivity index (χ3v) is 2.73. The van der Waals surface area contributed by atoms with E-state index in [4.69, 9.17) is 0 Å². The number of aliphatic imine (C=N–C) groups is 1. The van der Waals surface area contributed by atoms with Gasteiger partial charge in [0.2, 0.25) is 6.08 Å². The van der Waals surface area contributed by atoms with Gasteiger partial charge in [0.25, 0.3) is 0 Å². The lowest BCUT2D eigenvalue weighted by atomic mass is 10.0. The Morgan fingerprint density at radius 2 is 2.00 bits per heavy atom. The van der Waals surface area contributed by atoms with Crippen LogP contribution < -0.4 is 0 Å². The Kier molecular flexibility index (Phi) is 2.16. The van der Waals surface area contributed by atoms with Crippen LogP contribution in [0.25, 0.3) is 0 Å². The van der Waals surface area contributed by atoms with Gasteiger partial charge in [-0.1, -0.05) is 0 Å². The van der Waals surface area contributed by atoms with Crippen molar-refractivity contribution in [3.63, 3.8) is 0 Å². The van der Waals surface area contributed by atoms with E-state index in [9.17, 15) is 13.6 Å². The van der Waals surface area contributed by atoms with Crippen molar-refractivity contribution in [2.75, 3.05) is 0 Å². The first kappa shape index (κ1) is 9.99. The van der Waals surface area contributed by atoms with Crippen LogP contribution >= 0.6 is 0 Å². The number of carbonyl (C=O) groups excluding carboxylic acids is 1. The molecule has 0 saturated heterocycles. The van der Waals surface area contributed by atoms with Crippen molar-refractivity contribution in [3.8, 4) is 0 Å². The Morgan fingerprint density at radius 1 is 1.33 bits per heavy atom. The molecule has 0 spiro atoms. The van der Waals surface area contributed by atoms with E-state index in [0.29, 0.717) is 12.8 Å². The molecular weight excluding hydrogens is 200 g/mol. The molecule has 15 heavy (non-hydrogen) atoms. The first-order valence-electron chi connectivity index (χ1n) is 4.64. The highest BCUT2D eigenvalue weighted by Gasteiger charge is 2.47. The fraction of sp³-hybridized carbons (Fsp3) is 0.364. The van der Waals surface area contributed by atoms with Gasteiger partial charge in [-0.25, -0.2) is 13.6 Å². The second-order valence-corrected chi connectivity index (χ2v) is 3.82. The Labute approximate surface area is 85.6 Å². The fourth-order valence-corrected chi connectivity index (χ4v) is 1.65. The minimum absolute atomic E-state index is 0.161. The maximum absolute atomic E-state index is 13.5. The number of hydrogen-bond donors (Lipinski definition) is 0. The Morgan fingerprint density at radius 3 is 2.53 bits per heavy atom. The molecule has 2 rings (SSSR count). The van der Waals surface area contributed by atoms with Gasteiger partial charge in [0, 0.05) is 5.56 Å². The van der Waals surface area contributed by atoms with E-state index in [1.54, 1.807) is 0 Å². The van der Waals surface area contributed by atoms with Crippen LogP contribution in [0.5, 0.6) is 0 Å². The zero-order valence-electron chi connectivity index (χ0n) is 8.18. The third-order valence-electron chi connectivity index (χ3n) is 2.73. The Hall–Kier alpha value is -1.54. The average Bonchev–Trinajstić information content (AvgIpc) is 2.93. The summed E-state index contributed by atoms with van der Waals surface area (Å²) in [7, 11) is 0. The average molecular weight is 209 g/mol. The minimum Gasteiger partial charge on any atom is -0.211 e.